The number of hydrogen-bond acceptors (Lipinski definition) is 4. The van der Waals surface area contributed by atoms with Gasteiger partial charge in [-0.15, -0.1) is 11.8 Å². The van der Waals surface area contributed by atoms with E-state index >= 15 is 0 Å². The summed E-state index contributed by atoms with van der Waals surface area (Å²) in [6.45, 7) is 2.27. The second-order valence-electron chi connectivity index (χ2n) is 6.69. The molecule has 1 aliphatic rings. The molecule has 0 spiro atoms. The average Bonchev–Trinajstić information content (AvgIpc) is 2.66. The fraction of sp³-hybridized carbons (Fsp3) is 0.579. The molecule has 1 aromatic rings. The van der Waals surface area contributed by atoms with E-state index in [0.717, 1.165) is 17.7 Å². The third kappa shape index (κ3) is 5.75. The van der Waals surface area contributed by atoms with Crippen molar-refractivity contribution in [2.24, 2.45) is 5.73 Å². The number of nitrogens with one attached hydrogen (secondary N) is 1. The molecule has 1 atom stereocenters. The smallest absolute Gasteiger partial charge is 0.252 e. The number of nitrogens with zero attached hydrogens (tertiary/aromatic N) is 1. The molecule has 0 aromatic heterocycles. The zero-order valence-corrected chi connectivity index (χ0v) is 16.0. The number of thioether (sulfide) groups is 1. The van der Waals surface area contributed by atoms with E-state index in [1.807, 2.05) is 37.1 Å². The van der Waals surface area contributed by atoms with Crippen molar-refractivity contribution in [1.29, 1.82) is 0 Å². The zero-order chi connectivity index (χ0) is 18.2. The third-order valence-electron chi connectivity index (χ3n) is 4.73. The van der Waals surface area contributed by atoms with Crippen molar-refractivity contribution in [3.63, 3.8) is 0 Å². The van der Waals surface area contributed by atoms with Gasteiger partial charge >= 0.3 is 0 Å². The Morgan fingerprint density at radius 1 is 1.28 bits per heavy atom. The first-order chi connectivity index (χ1) is 12.0. The van der Waals surface area contributed by atoms with Crippen LogP contribution in [0.3, 0.4) is 0 Å². The van der Waals surface area contributed by atoms with E-state index < -0.39 is 0 Å². The van der Waals surface area contributed by atoms with Gasteiger partial charge in [0.2, 0.25) is 5.91 Å². The molecule has 0 heterocycles. The summed E-state index contributed by atoms with van der Waals surface area (Å²) in [6.07, 6.45) is 5.89. The van der Waals surface area contributed by atoms with Gasteiger partial charge in [0.05, 0.1) is 11.3 Å². The summed E-state index contributed by atoms with van der Waals surface area (Å²) >= 11 is 1.43. The lowest BCUT2D eigenvalue weighted by Crippen LogP contribution is -2.39. The molecule has 1 aliphatic carbocycles. The van der Waals surface area contributed by atoms with E-state index in [4.69, 9.17) is 5.73 Å². The highest BCUT2D eigenvalue weighted by molar-refractivity contribution is 8.00. The molecule has 3 N–H and O–H groups in total. The first-order valence-electron chi connectivity index (χ1n) is 9.01. The van der Waals surface area contributed by atoms with Gasteiger partial charge in [-0.3, -0.25) is 9.59 Å². The lowest BCUT2D eigenvalue weighted by molar-refractivity contribution is -0.129. The minimum absolute atomic E-state index is 0.0791. The van der Waals surface area contributed by atoms with Crippen LogP contribution in [0, 0.1) is 0 Å². The lowest BCUT2D eigenvalue weighted by atomic mass is 9.94. The molecule has 2 amide bonds. The Hall–Kier alpha value is -1.53. The van der Waals surface area contributed by atoms with E-state index in [0.29, 0.717) is 23.9 Å². The normalized spacial score (nSPS) is 16.3. The van der Waals surface area contributed by atoms with Crippen LogP contribution in [-0.2, 0) is 4.79 Å². The fourth-order valence-corrected chi connectivity index (χ4v) is 4.03. The molecule has 0 bridgehead atoms. The van der Waals surface area contributed by atoms with Crippen molar-refractivity contribution in [3.8, 4) is 0 Å². The Morgan fingerprint density at radius 2 is 1.96 bits per heavy atom. The van der Waals surface area contributed by atoms with Crippen LogP contribution in [0.25, 0.3) is 0 Å². The number of carbonyl (C=O) groups excluding carboxylic acids is 2. The number of amides is 2. The molecule has 1 fully saturated rings. The van der Waals surface area contributed by atoms with E-state index in [1.54, 1.807) is 6.07 Å². The summed E-state index contributed by atoms with van der Waals surface area (Å²) in [5.41, 5.74) is 6.17. The summed E-state index contributed by atoms with van der Waals surface area (Å²) in [4.78, 5) is 27.6. The van der Waals surface area contributed by atoms with Crippen molar-refractivity contribution in [2.45, 2.75) is 56.0 Å². The van der Waals surface area contributed by atoms with Gasteiger partial charge in [-0.1, -0.05) is 31.4 Å². The van der Waals surface area contributed by atoms with Crippen LogP contribution in [0.15, 0.2) is 29.2 Å². The van der Waals surface area contributed by atoms with Crippen LogP contribution < -0.4 is 11.1 Å². The number of benzene rings is 1. The van der Waals surface area contributed by atoms with Gasteiger partial charge in [-0.05, 0) is 31.9 Å². The fourth-order valence-electron chi connectivity index (χ4n) is 3.05. The Morgan fingerprint density at radius 3 is 2.64 bits per heavy atom. The molecule has 0 radical (unpaired) electrons. The molecular formula is C19H29N3O2S. The van der Waals surface area contributed by atoms with Crippen molar-refractivity contribution in [1.82, 2.24) is 10.2 Å². The predicted octanol–water partition coefficient (Wildman–Crippen LogP) is 2.65. The molecule has 0 unspecified atom stereocenters. The van der Waals surface area contributed by atoms with Crippen molar-refractivity contribution in [2.75, 3.05) is 19.3 Å². The SMILES string of the molecule is C[C@@H](CN)NC(=O)c1ccccc1SCC(=O)N(C)C1CCCCC1. The van der Waals surface area contributed by atoms with Gasteiger partial charge in [-0.2, -0.15) is 0 Å². The second kappa shape index (κ2) is 9.82. The summed E-state index contributed by atoms with van der Waals surface area (Å²) in [5.74, 6) is 0.334. The van der Waals surface area contributed by atoms with Crippen LogP contribution in [0.2, 0.25) is 0 Å². The molecule has 1 aromatic carbocycles. The minimum Gasteiger partial charge on any atom is -0.348 e. The molecule has 5 nitrogen and oxygen atoms in total. The Kier molecular flexibility index (Phi) is 7.78. The first-order valence-corrected chi connectivity index (χ1v) is 10.00. The quantitative estimate of drug-likeness (QED) is 0.730. The maximum absolute atomic E-state index is 12.5. The highest BCUT2D eigenvalue weighted by Crippen LogP contribution is 2.25. The minimum atomic E-state index is -0.144. The van der Waals surface area contributed by atoms with Gasteiger partial charge in [-0.25, -0.2) is 0 Å². The maximum Gasteiger partial charge on any atom is 0.252 e. The maximum atomic E-state index is 12.5. The van der Waals surface area contributed by atoms with Crippen LogP contribution in [0.1, 0.15) is 49.4 Å². The summed E-state index contributed by atoms with van der Waals surface area (Å²) in [5, 5.41) is 2.88. The number of nitrogens with two attached hydrogens (primary N) is 1. The zero-order valence-electron chi connectivity index (χ0n) is 15.2. The Bertz CT molecular complexity index is 588. The largest absolute Gasteiger partial charge is 0.348 e. The monoisotopic (exact) mass is 363 g/mol. The van der Waals surface area contributed by atoms with Gasteiger partial charge in [0, 0.05) is 30.6 Å². The average molecular weight is 364 g/mol. The summed E-state index contributed by atoms with van der Waals surface area (Å²) < 4.78 is 0. The highest BCUT2D eigenvalue weighted by atomic mass is 32.2. The van der Waals surface area contributed by atoms with E-state index in [2.05, 4.69) is 5.32 Å². The molecular weight excluding hydrogens is 334 g/mol. The first kappa shape index (κ1) is 19.8. The van der Waals surface area contributed by atoms with Crippen molar-refractivity contribution in [3.05, 3.63) is 29.8 Å². The van der Waals surface area contributed by atoms with Crippen LogP contribution in [0.4, 0.5) is 0 Å². The molecule has 6 heteroatoms. The van der Waals surface area contributed by atoms with Crippen molar-refractivity contribution >= 4 is 23.6 Å². The standard InChI is InChI=1S/C19H29N3O2S/c1-14(12-20)21-19(24)16-10-6-7-11-17(16)25-13-18(23)22(2)15-8-4-3-5-9-15/h6-7,10-11,14-15H,3-5,8-9,12-13,20H2,1-2H3,(H,21,24)/t14-/m0/s1. The van der Waals surface area contributed by atoms with Crippen molar-refractivity contribution < 1.29 is 9.59 Å². The van der Waals surface area contributed by atoms with E-state index in [9.17, 15) is 9.59 Å². The van der Waals surface area contributed by atoms with Gasteiger partial charge < -0.3 is 16.0 Å². The van der Waals surface area contributed by atoms with E-state index in [-0.39, 0.29) is 17.9 Å². The van der Waals surface area contributed by atoms with Gasteiger partial charge in [0.1, 0.15) is 0 Å². The Balaban J connectivity index is 1.95. The number of rotatable bonds is 7. The highest BCUT2D eigenvalue weighted by Gasteiger charge is 2.22. The molecule has 0 saturated heterocycles. The molecule has 0 aliphatic heterocycles. The van der Waals surface area contributed by atoms with Gasteiger partial charge in [0.15, 0.2) is 0 Å². The third-order valence-corrected chi connectivity index (χ3v) is 5.79. The molecule has 25 heavy (non-hydrogen) atoms. The van der Waals surface area contributed by atoms with Crippen LogP contribution >= 0.6 is 11.8 Å². The number of hydrogen-bond donors (Lipinski definition) is 2. The Labute approximate surface area is 154 Å². The predicted molar refractivity (Wildman–Crippen MR) is 103 cm³/mol. The van der Waals surface area contributed by atoms with Crippen LogP contribution in [0.5, 0.6) is 0 Å². The second-order valence-corrected chi connectivity index (χ2v) is 7.71. The summed E-state index contributed by atoms with van der Waals surface area (Å²) in [6, 6.07) is 7.69. The van der Waals surface area contributed by atoms with Crippen LogP contribution in [-0.4, -0.2) is 48.1 Å². The van der Waals surface area contributed by atoms with E-state index in [1.165, 1.54) is 31.0 Å². The topological polar surface area (TPSA) is 75.4 Å². The van der Waals surface area contributed by atoms with Gasteiger partial charge in [0.25, 0.3) is 5.91 Å². The number of carbonyl (C=O) groups is 2. The molecule has 1 saturated carbocycles. The molecule has 2 rings (SSSR count). The molecule has 138 valence electrons. The summed E-state index contributed by atoms with van der Waals surface area (Å²) in [7, 11) is 1.90. The lowest BCUT2D eigenvalue weighted by Gasteiger charge is -2.31.